The molecule has 0 aromatic rings. The normalized spacial score (nSPS) is 5.67. The first-order chi connectivity index (χ1) is 3.46. The summed E-state index contributed by atoms with van der Waals surface area (Å²) in [6.45, 7) is 0. The van der Waals surface area contributed by atoms with Gasteiger partial charge < -0.3 is 36.2 Å². The van der Waals surface area contributed by atoms with Crippen molar-refractivity contribution in [2.45, 2.75) is 0 Å². The summed E-state index contributed by atoms with van der Waals surface area (Å²) in [6, 6.07) is 0. The van der Waals surface area contributed by atoms with Crippen molar-refractivity contribution in [3.63, 3.8) is 0 Å². The van der Waals surface area contributed by atoms with Crippen LogP contribution in [-0.4, -0.2) is 33.7 Å². The van der Waals surface area contributed by atoms with E-state index in [2.05, 4.69) is 0 Å². The molecule has 0 aromatic heterocycles. The third kappa shape index (κ3) is 282. The molecule has 9 heavy (non-hydrogen) atoms. The molecule has 0 rings (SSSR count). The van der Waals surface area contributed by atoms with E-state index in [9.17, 15) is 0 Å². The minimum Gasteiger partial charge on any atom is -0.565 e. The monoisotopic (exact) mass is 141 g/mol. The van der Waals surface area contributed by atoms with Gasteiger partial charge in [-0.25, -0.2) is 0 Å². The summed E-state index contributed by atoms with van der Waals surface area (Å²) in [5, 5.41) is 36.8. The second kappa shape index (κ2) is 10.2. The Morgan fingerprint density at radius 1 is 1.33 bits per heavy atom. The van der Waals surface area contributed by atoms with Crippen molar-refractivity contribution >= 4 is 13.5 Å². The van der Waals surface area contributed by atoms with Gasteiger partial charge >= 0.3 is 7.32 Å². The van der Waals surface area contributed by atoms with Crippen molar-refractivity contribution < 1.29 is 30.1 Å². The van der Waals surface area contributed by atoms with Crippen LogP contribution in [0.3, 0.4) is 0 Å². The van der Waals surface area contributed by atoms with Gasteiger partial charge in [-0.1, -0.05) is 0 Å². The molecule has 0 saturated heterocycles. The lowest BCUT2D eigenvalue weighted by Gasteiger charge is -1.74. The molecule has 0 aliphatic rings. The summed E-state index contributed by atoms with van der Waals surface area (Å²) in [4.78, 5) is 8.44. The van der Waals surface area contributed by atoms with E-state index in [0.717, 1.165) is 0 Å². The maximum atomic E-state index is 8.44. The number of rotatable bonds is 0. The van der Waals surface area contributed by atoms with E-state index in [1.165, 1.54) is 0 Å². The fourth-order valence-electron chi connectivity index (χ4n) is 0. The molecule has 0 spiro atoms. The van der Waals surface area contributed by atoms with Crippen molar-refractivity contribution in [2.75, 3.05) is 0 Å². The van der Waals surface area contributed by atoms with Crippen molar-refractivity contribution in [3.8, 4) is 0 Å². The van der Waals surface area contributed by atoms with Crippen LogP contribution in [0.5, 0.6) is 0 Å². The van der Waals surface area contributed by atoms with E-state index in [-0.39, 0.29) is 6.15 Å². The molecule has 56 valence electrons. The van der Waals surface area contributed by atoms with Gasteiger partial charge in [0, 0.05) is 0 Å². The molecular formula is CH8BNO6. The lowest BCUT2D eigenvalue weighted by atomic mass is 10.3. The average molecular weight is 141 g/mol. The van der Waals surface area contributed by atoms with Crippen LogP contribution in [0.15, 0.2) is 0 Å². The number of hydrogen-bond acceptors (Lipinski definition) is 5. The highest BCUT2D eigenvalue weighted by Gasteiger charge is 1.92. The molecule has 8 N–H and O–H groups in total. The van der Waals surface area contributed by atoms with Crippen LogP contribution in [0.1, 0.15) is 0 Å². The van der Waals surface area contributed by atoms with Gasteiger partial charge in [0.1, 0.15) is 0 Å². The highest BCUT2D eigenvalue weighted by atomic mass is 16.6. The Balaban J connectivity index is -0.0000000720. The average Bonchev–Trinajstić information content (AvgIpc) is 1.25. The summed E-state index contributed by atoms with van der Waals surface area (Å²) in [7, 11) is -2.17. The summed E-state index contributed by atoms with van der Waals surface area (Å²) in [6.07, 6.45) is -2.08. The first kappa shape index (κ1) is 15.7. The Bertz CT molecular complexity index is 57.3. The Kier molecular flexibility index (Phi) is 17.8. The Morgan fingerprint density at radius 3 is 1.33 bits per heavy atom. The molecule has 7 nitrogen and oxygen atoms in total. The standard InChI is InChI=1S/CH2O3.BH3O3.H3N/c2*2-1(3)4;/h(H2,2,3,4);2-4H;1H3. The summed E-state index contributed by atoms with van der Waals surface area (Å²) in [5.74, 6) is 0. The largest absolute Gasteiger partial charge is 0.631 e. The number of hydrogen-bond donors (Lipinski definition) is 5. The van der Waals surface area contributed by atoms with Crippen LogP contribution in [0.4, 0.5) is 4.79 Å². The van der Waals surface area contributed by atoms with Crippen LogP contribution in [0.2, 0.25) is 0 Å². The van der Waals surface area contributed by atoms with Crippen LogP contribution in [0, 0.1) is 0 Å². The SMILES string of the molecule is O=C([O-])O.OB(O)O.[NH4+]. The summed E-state index contributed by atoms with van der Waals surface area (Å²) >= 11 is 0. The van der Waals surface area contributed by atoms with E-state index in [0.29, 0.717) is 0 Å². The smallest absolute Gasteiger partial charge is 0.565 e. The van der Waals surface area contributed by atoms with Gasteiger partial charge in [-0.15, -0.1) is 0 Å². The molecule has 0 aromatic carbocycles. The predicted molar refractivity (Wildman–Crippen MR) is 26.4 cm³/mol. The van der Waals surface area contributed by atoms with Gasteiger partial charge in [-0.3, -0.25) is 0 Å². The van der Waals surface area contributed by atoms with Gasteiger partial charge in [0.05, 0.1) is 0 Å². The summed E-state index contributed by atoms with van der Waals surface area (Å²) in [5.41, 5.74) is 0. The van der Waals surface area contributed by atoms with E-state index in [4.69, 9.17) is 30.1 Å². The van der Waals surface area contributed by atoms with Crippen LogP contribution in [0.25, 0.3) is 0 Å². The fraction of sp³-hybridized carbons (Fsp3) is 0. The highest BCUT2D eigenvalue weighted by Crippen LogP contribution is 1.40. The van der Waals surface area contributed by atoms with Crippen LogP contribution >= 0.6 is 0 Å². The molecule has 0 bridgehead atoms. The van der Waals surface area contributed by atoms with Gasteiger partial charge in [0.2, 0.25) is 6.16 Å². The molecule has 0 heterocycles. The van der Waals surface area contributed by atoms with Gasteiger partial charge in [0.25, 0.3) is 0 Å². The Hall–Kier alpha value is -0.825. The molecule has 0 atom stereocenters. The Morgan fingerprint density at radius 2 is 1.33 bits per heavy atom. The van der Waals surface area contributed by atoms with Gasteiger partial charge in [-0.2, -0.15) is 0 Å². The zero-order valence-corrected chi connectivity index (χ0v) is 4.68. The fourth-order valence-corrected chi connectivity index (χ4v) is 0. The number of carbonyl (C=O) groups is 1. The molecule has 0 fully saturated rings. The third-order valence-corrected chi connectivity index (χ3v) is 0. The molecule has 0 amide bonds. The zero-order chi connectivity index (χ0) is 7.15. The molecule has 8 heteroatoms. The van der Waals surface area contributed by atoms with E-state index in [1.54, 1.807) is 0 Å². The number of carboxylic acid groups (broad SMARTS) is 2. The van der Waals surface area contributed by atoms with Crippen molar-refractivity contribution in [1.29, 1.82) is 0 Å². The maximum absolute atomic E-state index is 8.44. The highest BCUT2D eigenvalue weighted by molar-refractivity contribution is 6.30. The van der Waals surface area contributed by atoms with Crippen molar-refractivity contribution in [1.82, 2.24) is 6.15 Å². The second-order valence-electron chi connectivity index (χ2n) is 0.612. The first-order valence-electron chi connectivity index (χ1n) is 1.41. The zero-order valence-electron chi connectivity index (χ0n) is 4.68. The molecule has 0 radical (unpaired) electrons. The third-order valence-electron chi connectivity index (χ3n) is 0. The van der Waals surface area contributed by atoms with Crippen molar-refractivity contribution in [2.24, 2.45) is 0 Å². The molecular weight excluding hydrogens is 133 g/mol. The van der Waals surface area contributed by atoms with Gasteiger partial charge in [-0.05, 0) is 0 Å². The van der Waals surface area contributed by atoms with E-state index < -0.39 is 13.5 Å². The molecule has 0 aliphatic heterocycles. The van der Waals surface area contributed by atoms with Crippen molar-refractivity contribution in [3.05, 3.63) is 0 Å². The minimum atomic E-state index is -2.17. The molecule has 0 saturated carbocycles. The lowest BCUT2D eigenvalue weighted by Crippen LogP contribution is -2.17. The van der Waals surface area contributed by atoms with Gasteiger partial charge in [0.15, 0.2) is 0 Å². The topological polar surface area (TPSA) is 158 Å². The molecule has 0 unspecified atom stereocenters. The minimum absolute atomic E-state index is 0. The molecule has 0 aliphatic carbocycles. The van der Waals surface area contributed by atoms with E-state index >= 15 is 0 Å². The quantitative estimate of drug-likeness (QED) is 0.229. The summed E-state index contributed by atoms with van der Waals surface area (Å²) < 4.78 is 0. The Labute approximate surface area is 50.9 Å². The maximum Gasteiger partial charge on any atom is 0.631 e. The first-order valence-corrected chi connectivity index (χ1v) is 1.41. The lowest BCUT2D eigenvalue weighted by molar-refractivity contribution is -0.275. The van der Waals surface area contributed by atoms with Crippen LogP contribution < -0.4 is 11.3 Å². The predicted octanol–water partition coefficient (Wildman–Crippen LogP) is -2.79. The number of quaternary nitrogens is 1. The second-order valence-corrected chi connectivity index (χ2v) is 0.612. The van der Waals surface area contributed by atoms with Crippen LogP contribution in [-0.2, 0) is 0 Å². The van der Waals surface area contributed by atoms with E-state index in [1.807, 2.05) is 0 Å².